The van der Waals surface area contributed by atoms with Gasteiger partial charge in [-0.3, -0.25) is 0 Å². The third-order valence-electron chi connectivity index (χ3n) is 3.14. The monoisotopic (exact) mass is 402 g/mol. The van der Waals surface area contributed by atoms with E-state index in [0.29, 0.717) is 6.42 Å². The Morgan fingerprint density at radius 2 is 1.19 bits per heavy atom. The molecule has 1 N–H and O–H groups in total. The largest absolute Gasteiger partial charge is 0.498 e. The second-order valence-electron chi connectivity index (χ2n) is 6.25. The van der Waals surface area contributed by atoms with Gasteiger partial charge in [-0.05, 0) is 40.5 Å². The van der Waals surface area contributed by atoms with Gasteiger partial charge in [-0.15, -0.1) is 0 Å². The fourth-order valence-corrected chi connectivity index (χ4v) is 4.68. The maximum absolute atomic E-state index is 13.5. The first-order valence-corrected chi connectivity index (χ1v) is 10.2. The van der Waals surface area contributed by atoms with E-state index in [2.05, 4.69) is 0 Å². The van der Waals surface area contributed by atoms with Gasteiger partial charge in [0.2, 0.25) is 29.1 Å². The van der Waals surface area contributed by atoms with E-state index in [9.17, 15) is 26.7 Å². The number of benzene rings is 1. The van der Waals surface area contributed by atoms with E-state index in [4.69, 9.17) is 13.6 Å². The van der Waals surface area contributed by atoms with Crippen molar-refractivity contribution >= 4 is 8.80 Å². The standard InChI is InChI=1S/C16H23F5O4Si/c1-9(2)24-26(22,25-10(3)4)8-6-5-7-23-16-14(20)12(18)11(17)13(19)15(16)21/h9-10,22H,5-8H2,1-4H3. The van der Waals surface area contributed by atoms with Gasteiger partial charge in [-0.25, -0.2) is 13.2 Å². The van der Waals surface area contributed by atoms with Crippen LogP contribution in [0.3, 0.4) is 0 Å². The third kappa shape index (κ3) is 6.18. The van der Waals surface area contributed by atoms with Crippen molar-refractivity contribution in [1.29, 1.82) is 0 Å². The Kier molecular flexibility index (Phi) is 8.45. The van der Waals surface area contributed by atoms with Crippen molar-refractivity contribution in [2.45, 2.75) is 58.8 Å². The zero-order chi connectivity index (χ0) is 20.1. The van der Waals surface area contributed by atoms with Gasteiger partial charge in [0, 0.05) is 18.3 Å². The fraction of sp³-hybridized carbons (Fsp3) is 0.625. The van der Waals surface area contributed by atoms with Gasteiger partial charge >= 0.3 is 8.80 Å². The van der Waals surface area contributed by atoms with Gasteiger partial charge in [-0.2, -0.15) is 8.78 Å². The molecule has 0 unspecified atom stereocenters. The molecule has 1 aromatic rings. The minimum absolute atomic E-state index is 0.170. The first-order valence-electron chi connectivity index (χ1n) is 8.20. The molecule has 0 heterocycles. The molecule has 0 bridgehead atoms. The molecule has 0 fully saturated rings. The van der Waals surface area contributed by atoms with E-state index < -0.39 is 43.6 Å². The zero-order valence-electron chi connectivity index (χ0n) is 15.0. The normalized spacial score (nSPS) is 12.3. The van der Waals surface area contributed by atoms with Crippen molar-refractivity contribution < 1.29 is 40.3 Å². The molecule has 0 atom stereocenters. The number of ether oxygens (including phenoxy) is 1. The Balaban J connectivity index is 2.62. The van der Waals surface area contributed by atoms with E-state index in [0.717, 1.165) is 0 Å². The molecule has 0 amide bonds. The summed E-state index contributed by atoms with van der Waals surface area (Å²) in [6.07, 6.45) is -0.0000141. The Hall–Kier alpha value is -1.23. The van der Waals surface area contributed by atoms with Crippen LogP contribution in [0.4, 0.5) is 22.0 Å². The highest BCUT2D eigenvalue weighted by molar-refractivity contribution is 6.59. The first kappa shape index (κ1) is 22.8. The molecule has 1 rings (SSSR count). The zero-order valence-corrected chi connectivity index (χ0v) is 16.0. The van der Waals surface area contributed by atoms with Crippen molar-refractivity contribution in [3.05, 3.63) is 29.1 Å². The lowest BCUT2D eigenvalue weighted by Gasteiger charge is -2.28. The minimum Gasteiger partial charge on any atom is -0.487 e. The second-order valence-corrected chi connectivity index (χ2v) is 8.65. The summed E-state index contributed by atoms with van der Waals surface area (Å²) in [7, 11) is -3.43. The van der Waals surface area contributed by atoms with Crippen LogP contribution in [-0.2, 0) is 8.85 Å². The summed E-state index contributed by atoms with van der Waals surface area (Å²) in [6.45, 7) is 6.68. The fourth-order valence-electron chi connectivity index (χ4n) is 2.22. The van der Waals surface area contributed by atoms with Crippen LogP contribution in [0.1, 0.15) is 40.5 Å². The molecule has 0 aliphatic carbocycles. The number of hydrogen-bond donors (Lipinski definition) is 1. The maximum atomic E-state index is 13.5. The molecule has 1 aromatic carbocycles. The molecule has 0 aromatic heterocycles. The second kappa shape index (κ2) is 9.63. The average molecular weight is 402 g/mol. The molecular formula is C16H23F5O4Si. The topological polar surface area (TPSA) is 47.9 Å². The van der Waals surface area contributed by atoms with E-state index in [1.54, 1.807) is 27.7 Å². The highest BCUT2D eigenvalue weighted by Gasteiger charge is 2.38. The molecular weight excluding hydrogens is 379 g/mol. The molecule has 0 saturated carbocycles. The Bertz CT molecular complexity index is 574. The molecule has 0 saturated heterocycles. The SMILES string of the molecule is CC(C)O[Si](O)(CCCCOc1c(F)c(F)c(F)c(F)c1F)OC(C)C. The van der Waals surface area contributed by atoms with Gasteiger partial charge in [0.15, 0.2) is 5.75 Å². The average Bonchev–Trinajstić information content (AvgIpc) is 2.52. The van der Waals surface area contributed by atoms with Crippen molar-refractivity contribution in [3.63, 3.8) is 0 Å². The molecule has 10 heteroatoms. The van der Waals surface area contributed by atoms with Crippen LogP contribution >= 0.6 is 0 Å². The van der Waals surface area contributed by atoms with Crippen LogP contribution < -0.4 is 4.74 Å². The first-order chi connectivity index (χ1) is 12.0. The number of unbranched alkanes of at least 4 members (excludes halogenated alkanes) is 1. The van der Waals surface area contributed by atoms with Crippen LogP contribution in [0, 0.1) is 29.1 Å². The van der Waals surface area contributed by atoms with E-state index in [-0.39, 0.29) is 31.3 Å². The molecule has 0 aliphatic heterocycles. The third-order valence-corrected chi connectivity index (χ3v) is 5.81. The molecule has 0 radical (unpaired) electrons. The molecule has 4 nitrogen and oxygen atoms in total. The molecule has 26 heavy (non-hydrogen) atoms. The Morgan fingerprint density at radius 1 is 0.769 bits per heavy atom. The van der Waals surface area contributed by atoms with E-state index in [1.807, 2.05) is 0 Å². The maximum Gasteiger partial charge on any atom is 0.498 e. The molecule has 0 aliphatic rings. The lowest BCUT2D eigenvalue weighted by atomic mass is 10.2. The lowest BCUT2D eigenvalue weighted by Crippen LogP contribution is -2.46. The highest BCUT2D eigenvalue weighted by Crippen LogP contribution is 2.29. The van der Waals surface area contributed by atoms with Crippen molar-refractivity contribution in [1.82, 2.24) is 0 Å². The van der Waals surface area contributed by atoms with E-state index >= 15 is 0 Å². The quantitative estimate of drug-likeness (QED) is 0.208. The van der Waals surface area contributed by atoms with Crippen molar-refractivity contribution in [3.8, 4) is 5.75 Å². The van der Waals surface area contributed by atoms with Crippen LogP contribution in [-0.4, -0.2) is 32.4 Å². The summed E-state index contributed by atoms with van der Waals surface area (Å²) < 4.78 is 81.7. The van der Waals surface area contributed by atoms with Crippen LogP contribution in [0.5, 0.6) is 5.75 Å². The summed E-state index contributed by atoms with van der Waals surface area (Å²) in [5.41, 5.74) is 0. The number of rotatable bonds is 10. The Labute approximate surface area is 150 Å². The lowest BCUT2D eigenvalue weighted by molar-refractivity contribution is 0.0470. The summed E-state index contributed by atoms with van der Waals surface area (Å²) in [4.78, 5) is 10.5. The van der Waals surface area contributed by atoms with Gasteiger partial charge in [0.25, 0.3) is 0 Å². The van der Waals surface area contributed by atoms with Gasteiger partial charge in [0.1, 0.15) is 0 Å². The number of hydrogen-bond acceptors (Lipinski definition) is 4. The number of halogens is 5. The summed E-state index contributed by atoms with van der Waals surface area (Å²) >= 11 is 0. The predicted molar refractivity (Wildman–Crippen MR) is 86.2 cm³/mol. The van der Waals surface area contributed by atoms with Gasteiger partial charge < -0.3 is 18.4 Å². The summed E-state index contributed by atoms with van der Waals surface area (Å²) in [5, 5.41) is 0. The smallest absolute Gasteiger partial charge is 0.487 e. The van der Waals surface area contributed by atoms with Crippen molar-refractivity contribution in [2.75, 3.05) is 6.61 Å². The van der Waals surface area contributed by atoms with Crippen LogP contribution in [0.15, 0.2) is 0 Å². The Morgan fingerprint density at radius 3 is 1.62 bits per heavy atom. The predicted octanol–water partition coefficient (Wildman–Crippen LogP) is 4.32. The van der Waals surface area contributed by atoms with E-state index in [1.165, 1.54) is 0 Å². The van der Waals surface area contributed by atoms with Crippen molar-refractivity contribution in [2.24, 2.45) is 0 Å². The molecule has 150 valence electrons. The summed E-state index contributed by atoms with van der Waals surface area (Å²) in [6, 6.07) is 0.170. The van der Waals surface area contributed by atoms with Crippen LogP contribution in [0.2, 0.25) is 6.04 Å². The van der Waals surface area contributed by atoms with Crippen LogP contribution in [0.25, 0.3) is 0 Å². The molecule has 0 spiro atoms. The van der Waals surface area contributed by atoms with Gasteiger partial charge in [0.05, 0.1) is 6.61 Å². The van der Waals surface area contributed by atoms with Gasteiger partial charge in [-0.1, -0.05) is 0 Å². The highest BCUT2D eigenvalue weighted by atomic mass is 28.4. The minimum atomic E-state index is -3.43. The summed E-state index contributed by atoms with van der Waals surface area (Å²) in [5.74, 6) is -11.7.